The van der Waals surface area contributed by atoms with Crippen molar-refractivity contribution in [3.63, 3.8) is 0 Å². The Balaban J connectivity index is 1.85. The predicted octanol–water partition coefficient (Wildman–Crippen LogP) is 4.46. The average Bonchev–Trinajstić information content (AvgIpc) is 2.96. The Morgan fingerprint density at radius 2 is 1.92 bits per heavy atom. The van der Waals surface area contributed by atoms with Gasteiger partial charge in [-0.15, -0.1) is 0 Å². The van der Waals surface area contributed by atoms with Gasteiger partial charge in [-0.25, -0.2) is 9.18 Å². The molecule has 1 atom stereocenters. The van der Waals surface area contributed by atoms with Crippen LogP contribution in [0.15, 0.2) is 53.7 Å². The van der Waals surface area contributed by atoms with Crippen molar-refractivity contribution in [3.05, 3.63) is 75.2 Å². The minimum Gasteiger partial charge on any atom is -0.456 e. The molecule has 2 aliphatic rings. The van der Waals surface area contributed by atoms with Gasteiger partial charge in [0.05, 0.1) is 17.0 Å². The van der Waals surface area contributed by atoms with Crippen LogP contribution < -0.4 is 4.90 Å². The van der Waals surface area contributed by atoms with Crippen molar-refractivity contribution >= 4 is 40.8 Å². The van der Waals surface area contributed by atoms with E-state index in [2.05, 4.69) is 0 Å². The monoisotopic (exact) mass is 391 g/mol. The Bertz CT molecular complexity index is 973. The molecule has 0 fully saturated rings. The van der Waals surface area contributed by atoms with Gasteiger partial charge in [-0.2, -0.15) is 0 Å². The van der Waals surface area contributed by atoms with Gasteiger partial charge in [-0.3, -0.25) is 9.69 Å². The fourth-order valence-electron chi connectivity index (χ4n) is 3.42. The maximum atomic E-state index is 13.6. The van der Waals surface area contributed by atoms with Crippen molar-refractivity contribution in [2.45, 2.75) is 12.3 Å². The van der Waals surface area contributed by atoms with E-state index in [1.807, 2.05) is 0 Å². The molecule has 2 aromatic rings. The van der Waals surface area contributed by atoms with Crippen LogP contribution >= 0.6 is 23.2 Å². The van der Waals surface area contributed by atoms with Crippen molar-refractivity contribution in [1.82, 2.24) is 0 Å². The van der Waals surface area contributed by atoms with E-state index in [9.17, 15) is 14.0 Å². The molecule has 2 aromatic carbocycles. The van der Waals surface area contributed by atoms with Gasteiger partial charge in [0.25, 0.3) is 0 Å². The van der Waals surface area contributed by atoms with Crippen LogP contribution in [0.5, 0.6) is 0 Å². The summed E-state index contributed by atoms with van der Waals surface area (Å²) in [5, 5.41) is 0.839. The largest absolute Gasteiger partial charge is 0.456 e. The number of ether oxygens (including phenoxy) is 1. The van der Waals surface area contributed by atoms with E-state index >= 15 is 0 Å². The molecule has 0 spiro atoms. The zero-order valence-corrected chi connectivity index (χ0v) is 14.9. The summed E-state index contributed by atoms with van der Waals surface area (Å²) in [6, 6.07) is 10.6. The molecular weight excluding hydrogens is 380 g/mol. The number of hydrogen-bond donors (Lipinski definition) is 0. The number of carbonyl (C=O) groups is 2. The summed E-state index contributed by atoms with van der Waals surface area (Å²) in [5.74, 6) is -1.75. The third kappa shape index (κ3) is 2.77. The minimum absolute atomic E-state index is 0.0196. The van der Waals surface area contributed by atoms with E-state index in [0.717, 1.165) is 0 Å². The Morgan fingerprint density at radius 3 is 2.65 bits per heavy atom. The van der Waals surface area contributed by atoms with Crippen molar-refractivity contribution < 1.29 is 18.7 Å². The van der Waals surface area contributed by atoms with Crippen LogP contribution in [0.3, 0.4) is 0 Å². The van der Waals surface area contributed by atoms with Crippen LogP contribution in [0.25, 0.3) is 0 Å². The van der Waals surface area contributed by atoms with Crippen LogP contribution in [0.4, 0.5) is 10.1 Å². The Labute approximate surface area is 158 Å². The smallest absolute Gasteiger partial charge is 0.336 e. The molecule has 0 aromatic heterocycles. The van der Waals surface area contributed by atoms with E-state index in [0.29, 0.717) is 32.6 Å². The van der Waals surface area contributed by atoms with Gasteiger partial charge in [-0.1, -0.05) is 35.3 Å². The first-order chi connectivity index (χ1) is 12.5. The molecule has 0 bridgehead atoms. The fraction of sp³-hybridized carbons (Fsp3) is 0.158. The lowest BCUT2D eigenvalue weighted by atomic mass is 9.84. The van der Waals surface area contributed by atoms with Crippen LogP contribution in [0, 0.1) is 5.82 Å². The van der Waals surface area contributed by atoms with E-state index < -0.39 is 17.7 Å². The number of cyclic esters (lactones) is 1. The summed E-state index contributed by atoms with van der Waals surface area (Å²) in [4.78, 5) is 26.6. The first kappa shape index (κ1) is 17.1. The number of amides is 1. The van der Waals surface area contributed by atoms with Crippen molar-refractivity contribution in [2.75, 3.05) is 11.5 Å². The zero-order valence-electron chi connectivity index (χ0n) is 13.3. The highest BCUT2D eigenvalue weighted by molar-refractivity contribution is 6.35. The van der Waals surface area contributed by atoms with Crippen LogP contribution in [0.1, 0.15) is 17.9 Å². The molecule has 132 valence electrons. The molecule has 26 heavy (non-hydrogen) atoms. The third-order valence-electron chi connectivity index (χ3n) is 4.52. The minimum atomic E-state index is -0.526. The standard InChI is InChI=1S/C19H12Cl2FNO3/c20-10-4-5-13(15(21)6-10)14-8-17(24)23(12-3-1-2-11(22)7-12)16-9-26-19(25)18(14)16/h1-7,14H,8-9H2/t14-/m1/s1. The molecule has 4 nitrogen and oxygen atoms in total. The van der Waals surface area contributed by atoms with E-state index in [1.54, 1.807) is 24.3 Å². The van der Waals surface area contributed by atoms with Gasteiger partial charge in [0, 0.05) is 22.4 Å². The lowest BCUT2D eigenvalue weighted by Gasteiger charge is -2.32. The molecule has 0 saturated heterocycles. The van der Waals surface area contributed by atoms with Crippen molar-refractivity contribution in [3.8, 4) is 0 Å². The first-order valence-electron chi connectivity index (χ1n) is 7.89. The number of carbonyl (C=O) groups excluding carboxylic acids is 2. The number of rotatable bonds is 2. The summed E-state index contributed by atoms with van der Waals surface area (Å²) in [6.45, 7) is -0.0435. The van der Waals surface area contributed by atoms with Crippen LogP contribution in [-0.4, -0.2) is 18.5 Å². The topological polar surface area (TPSA) is 46.6 Å². The highest BCUT2D eigenvalue weighted by atomic mass is 35.5. The second-order valence-electron chi connectivity index (χ2n) is 6.07. The lowest BCUT2D eigenvalue weighted by molar-refractivity contribution is -0.136. The predicted molar refractivity (Wildman–Crippen MR) is 95.7 cm³/mol. The number of halogens is 3. The van der Waals surface area contributed by atoms with Gasteiger partial charge in [0.15, 0.2) is 0 Å². The number of hydrogen-bond acceptors (Lipinski definition) is 3. The maximum absolute atomic E-state index is 13.6. The fourth-order valence-corrected chi connectivity index (χ4v) is 3.96. The molecule has 0 N–H and O–H groups in total. The van der Waals surface area contributed by atoms with Gasteiger partial charge >= 0.3 is 5.97 Å². The van der Waals surface area contributed by atoms with Gasteiger partial charge in [-0.05, 0) is 35.9 Å². The van der Waals surface area contributed by atoms with E-state index in [1.165, 1.54) is 23.1 Å². The Morgan fingerprint density at radius 1 is 1.12 bits per heavy atom. The quantitative estimate of drug-likeness (QED) is 0.709. The second kappa shape index (κ2) is 6.41. The first-order valence-corrected chi connectivity index (χ1v) is 8.65. The molecule has 0 aliphatic carbocycles. The van der Waals surface area contributed by atoms with E-state index in [-0.39, 0.29) is 18.9 Å². The molecular formula is C19H12Cl2FNO3. The van der Waals surface area contributed by atoms with Crippen LogP contribution in [-0.2, 0) is 14.3 Å². The summed E-state index contributed by atoms with van der Waals surface area (Å²) < 4.78 is 18.8. The highest BCUT2D eigenvalue weighted by Gasteiger charge is 2.43. The van der Waals surface area contributed by atoms with Crippen molar-refractivity contribution in [2.24, 2.45) is 0 Å². The van der Waals surface area contributed by atoms with Gasteiger partial charge in [0.2, 0.25) is 5.91 Å². The van der Waals surface area contributed by atoms with Gasteiger partial charge in [0.1, 0.15) is 12.4 Å². The second-order valence-corrected chi connectivity index (χ2v) is 6.91. The number of esters is 1. The highest BCUT2D eigenvalue weighted by Crippen LogP contribution is 2.44. The SMILES string of the molecule is O=C1OCC2=C1[C@@H](c1ccc(Cl)cc1Cl)CC(=O)N2c1cccc(F)c1. The Hall–Kier alpha value is -2.37. The molecule has 0 unspecified atom stereocenters. The van der Waals surface area contributed by atoms with E-state index in [4.69, 9.17) is 27.9 Å². The average molecular weight is 392 g/mol. The molecule has 0 saturated carbocycles. The van der Waals surface area contributed by atoms with Gasteiger partial charge < -0.3 is 4.74 Å². The normalized spacial score (nSPS) is 19.7. The molecule has 4 rings (SSSR count). The summed E-state index contributed by atoms with van der Waals surface area (Å²) in [7, 11) is 0. The molecule has 0 radical (unpaired) electrons. The third-order valence-corrected chi connectivity index (χ3v) is 5.08. The number of anilines is 1. The number of benzene rings is 2. The summed E-state index contributed by atoms with van der Waals surface area (Å²) >= 11 is 12.2. The molecule has 2 aliphatic heterocycles. The summed E-state index contributed by atoms with van der Waals surface area (Å²) in [5.41, 5.74) is 1.79. The van der Waals surface area contributed by atoms with Crippen molar-refractivity contribution in [1.29, 1.82) is 0 Å². The summed E-state index contributed by atoms with van der Waals surface area (Å²) in [6.07, 6.45) is 0.0196. The lowest BCUT2D eigenvalue weighted by Crippen LogP contribution is -2.37. The Kier molecular flexibility index (Phi) is 4.21. The molecule has 1 amide bonds. The number of nitrogens with zero attached hydrogens (tertiary/aromatic N) is 1. The van der Waals surface area contributed by atoms with Crippen LogP contribution in [0.2, 0.25) is 10.0 Å². The molecule has 2 heterocycles. The zero-order chi connectivity index (χ0) is 18.4. The molecule has 7 heteroatoms. The maximum Gasteiger partial charge on any atom is 0.336 e.